The van der Waals surface area contributed by atoms with Crippen LogP contribution in [0.1, 0.15) is 27.2 Å². The van der Waals surface area contributed by atoms with Gasteiger partial charge in [0, 0.05) is 5.57 Å². The Bertz CT molecular complexity index is 348. The number of carbonyl (C=O) groups excluding carboxylic acids is 1. The maximum Gasteiger partial charge on any atom is 1.00 e. The molecule has 0 amide bonds. The zero-order valence-electron chi connectivity index (χ0n) is 9.36. The molecule has 0 N–H and O–H groups in total. The molecule has 0 saturated carbocycles. The smallest absolute Gasteiger partial charge is 0.745 e. The van der Waals surface area contributed by atoms with Gasteiger partial charge < -0.3 is 9.29 Å². The Hall–Kier alpha value is 0.120. The number of rotatable bonds is 4. The Morgan fingerprint density at radius 2 is 1.93 bits per heavy atom. The molecular formula is C8H13NaO5S. The molecule has 15 heavy (non-hydrogen) atoms. The molecular weight excluding hydrogens is 231 g/mol. The first-order valence-corrected chi connectivity index (χ1v) is 5.39. The molecule has 0 aromatic rings. The molecule has 0 aliphatic rings. The molecule has 1 atom stereocenters. The van der Waals surface area contributed by atoms with Crippen LogP contribution >= 0.6 is 0 Å². The molecule has 0 bridgehead atoms. The monoisotopic (exact) mass is 244 g/mol. The molecule has 0 aromatic carbocycles. The normalized spacial score (nSPS) is 14.7. The fraction of sp³-hybridized carbons (Fsp3) is 0.625. The van der Waals surface area contributed by atoms with Crippen molar-refractivity contribution in [2.24, 2.45) is 0 Å². The van der Waals surface area contributed by atoms with Crippen LogP contribution in [0.3, 0.4) is 0 Å². The van der Waals surface area contributed by atoms with E-state index in [0.717, 1.165) is 6.92 Å². The standard InChI is InChI=1S/C8H14O5S.Na/c1-5-8(4,14(10,11)12)13-7(9)6(2)3;/h2,5H2,1,3-4H3,(H,10,11,12);/q;+1/p-1. The van der Waals surface area contributed by atoms with E-state index in [4.69, 9.17) is 0 Å². The van der Waals surface area contributed by atoms with Crippen LogP contribution in [-0.4, -0.2) is 23.9 Å². The molecule has 0 aliphatic carbocycles. The third-order valence-corrected chi connectivity index (χ3v) is 3.26. The van der Waals surface area contributed by atoms with Crippen LogP contribution in [0.5, 0.6) is 0 Å². The Morgan fingerprint density at radius 1 is 1.53 bits per heavy atom. The van der Waals surface area contributed by atoms with Crippen molar-refractivity contribution < 1.29 is 52.1 Å². The van der Waals surface area contributed by atoms with Crippen LogP contribution in [0.2, 0.25) is 0 Å². The summed E-state index contributed by atoms with van der Waals surface area (Å²) in [4.78, 5) is 9.03. The van der Waals surface area contributed by atoms with E-state index < -0.39 is 21.0 Å². The van der Waals surface area contributed by atoms with E-state index in [2.05, 4.69) is 11.3 Å². The zero-order chi connectivity index (χ0) is 11.6. The summed E-state index contributed by atoms with van der Waals surface area (Å²) in [5.41, 5.74) is 0.0494. The molecule has 7 heteroatoms. The topological polar surface area (TPSA) is 83.5 Å². The number of hydrogen-bond acceptors (Lipinski definition) is 5. The summed E-state index contributed by atoms with van der Waals surface area (Å²) >= 11 is 0. The van der Waals surface area contributed by atoms with Crippen molar-refractivity contribution in [2.75, 3.05) is 0 Å². The molecule has 0 aliphatic heterocycles. The van der Waals surface area contributed by atoms with E-state index in [1.807, 2.05) is 0 Å². The quantitative estimate of drug-likeness (QED) is 0.242. The summed E-state index contributed by atoms with van der Waals surface area (Å²) in [6.45, 7) is 7.17. The minimum Gasteiger partial charge on any atom is -0.745 e. The van der Waals surface area contributed by atoms with Crippen molar-refractivity contribution in [1.82, 2.24) is 0 Å². The molecule has 82 valence electrons. The second kappa shape index (κ2) is 6.00. The van der Waals surface area contributed by atoms with Crippen LogP contribution in [0.4, 0.5) is 0 Å². The van der Waals surface area contributed by atoms with Crippen molar-refractivity contribution in [2.45, 2.75) is 32.1 Å². The largest absolute Gasteiger partial charge is 1.00 e. The van der Waals surface area contributed by atoms with Gasteiger partial charge in [0.15, 0.2) is 4.93 Å². The Balaban J connectivity index is 0. The molecule has 5 nitrogen and oxygen atoms in total. The molecule has 0 radical (unpaired) electrons. The van der Waals surface area contributed by atoms with Gasteiger partial charge in [-0.15, -0.1) is 0 Å². The van der Waals surface area contributed by atoms with E-state index in [0.29, 0.717) is 0 Å². The molecule has 0 fully saturated rings. The van der Waals surface area contributed by atoms with Crippen molar-refractivity contribution in [1.29, 1.82) is 0 Å². The van der Waals surface area contributed by atoms with Crippen LogP contribution in [0, 0.1) is 0 Å². The van der Waals surface area contributed by atoms with Crippen LogP contribution in [0.25, 0.3) is 0 Å². The van der Waals surface area contributed by atoms with Crippen molar-refractivity contribution in [3.8, 4) is 0 Å². The third-order valence-electron chi connectivity index (χ3n) is 1.83. The molecule has 0 saturated heterocycles. The zero-order valence-corrected chi connectivity index (χ0v) is 12.2. The van der Waals surface area contributed by atoms with Crippen molar-refractivity contribution in [3.05, 3.63) is 12.2 Å². The average Bonchev–Trinajstić information content (AvgIpc) is 2.01. The van der Waals surface area contributed by atoms with Crippen molar-refractivity contribution in [3.63, 3.8) is 0 Å². The van der Waals surface area contributed by atoms with Gasteiger partial charge >= 0.3 is 35.5 Å². The number of esters is 1. The SMILES string of the molecule is C=C(C)C(=O)OC(C)(CC)S(=O)(=O)[O-].[Na+]. The minimum absolute atomic E-state index is 0. The average molecular weight is 244 g/mol. The Morgan fingerprint density at radius 3 is 2.13 bits per heavy atom. The van der Waals surface area contributed by atoms with Gasteiger partial charge in [0.1, 0.15) is 10.1 Å². The molecule has 0 heterocycles. The van der Waals surface area contributed by atoms with E-state index >= 15 is 0 Å². The fourth-order valence-corrected chi connectivity index (χ4v) is 1.11. The second-order valence-corrected chi connectivity index (χ2v) is 4.88. The minimum atomic E-state index is -4.68. The Labute approximate surface area is 112 Å². The first-order chi connectivity index (χ1) is 6.14. The molecule has 0 spiro atoms. The predicted molar refractivity (Wildman–Crippen MR) is 49.3 cm³/mol. The van der Waals surface area contributed by atoms with Gasteiger partial charge in [-0.05, 0) is 20.3 Å². The molecule has 0 rings (SSSR count). The predicted octanol–water partition coefficient (Wildman–Crippen LogP) is -2.22. The summed E-state index contributed by atoms with van der Waals surface area (Å²) in [6.07, 6.45) is -0.0994. The third kappa shape index (κ3) is 4.65. The van der Waals surface area contributed by atoms with Gasteiger partial charge in [-0.25, -0.2) is 13.2 Å². The summed E-state index contributed by atoms with van der Waals surface area (Å²) < 4.78 is 36.9. The fourth-order valence-electron chi connectivity index (χ4n) is 0.583. The van der Waals surface area contributed by atoms with Gasteiger partial charge in [-0.1, -0.05) is 13.5 Å². The second-order valence-electron chi connectivity index (χ2n) is 3.11. The van der Waals surface area contributed by atoms with Gasteiger partial charge in [0.25, 0.3) is 0 Å². The van der Waals surface area contributed by atoms with E-state index in [9.17, 15) is 17.8 Å². The van der Waals surface area contributed by atoms with Crippen LogP contribution < -0.4 is 29.6 Å². The maximum absolute atomic E-state index is 11.0. The number of ether oxygens (including phenoxy) is 1. The molecule has 0 aromatic heterocycles. The van der Waals surface area contributed by atoms with Gasteiger partial charge in [0.05, 0.1) is 0 Å². The summed E-state index contributed by atoms with van der Waals surface area (Å²) in [5, 5.41) is 0. The van der Waals surface area contributed by atoms with E-state index in [1.165, 1.54) is 13.8 Å². The first-order valence-electron chi connectivity index (χ1n) is 3.98. The van der Waals surface area contributed by atoms with E-state index in [-0.39, 0.29) is 41.6 Å². The first kappa shape index (κ1) is 17.5. The number of carbonyl (C=O) groups is 1. The van der Waals surface area contributed by atoms with Gasteiger partial charge in [0.2, 0.25) is 0 Å². The van der Waals surface area contributed by atoms with Gasteiger partial charge in [-0.3, -0.25) is 0 Å². The number of hydrogen-bond donors (Lipinski definition) is 0. The Kier molecular flexibility index (Phi) is 7.01. The maximum atomic E-state index is 11.0. The van der Waals surface area contributed by atoms with Crippen LogP contribution in [0.15, 0.2) is 12.2 Å². The summed E-state index contributed by atoms with van der Waals surface area (Å²) in [6, 6.07) is 0. The van der Waals surface area contributed by atoms with E-state index in [1.54, 1.807) is 0 Å². The summed E-state index contributed by atoms with van der Waals surface area (Å²) in [7, 11) is -4.68. The molecule has 1 unspecified atom stereocenters. The van der Waals surface area contributed by atoms with Crippen LogP contribution in [-0.2, 0) is 19.6 Å². The van der Waals surface area contributed by atoms with Crippen molar-refractivity contribution >= 4 is 16.1 Å². The summed E-state index contributed by atoms with van der Waals surface area (Å²) in [5.74, 6) is -0.881. The van der Waals surface area contributed by atoms with Gasteiger partial charge in [-0.2, -0.15) is 0 Å².